The van der Waals surface area contributed by atoms with Crippen LogP contribution >= 0.6 is 23.4 Å². The van der Waals surface area contributed by atoms with Crippen molar-refractivity contribution in [1.82, 2.24) is 10.3 Å². The fraction of sp³-hybridized carbons (Fsp3) is 0.167. The highest BCUT2D eigenvalue weighted by atomic mass is 35.5. The van der Waals surface area contributed by atoms with Gasteiger partial charge in [0.15, 0.2) is 0 Å². The number of halogens is 4. The molecule has 4 amide bonds. The van der Waals surface area contributed by atoms with E-state index in [0.717, 1.165) is 4.90 Å². The highest BCUT2D eigenvalue weighted by Gasteiger charge is 2.43. The van der Waals surface area contributed by atoms with Gasteiger partial charge in [-0.3, -0.25) is 14.6 Å². The average molecular weight is 535 g/mol. The number of alkyl halides is 3. The monoisotopic (exact) mass is 534 g/mol. The molecule has 0 bridgehead atoms. The first-order chi connectivity index (χ1) is 17.0. The Balaban J connectivity index is 1.53. The molecule has 186 valence electrons. The van der Waals surface area contributed by atoms with Gasteiger partial charge < -0.3 is 10.6 Å². The maximum atomic E-state index is 13.2. The third-order valence-corrected chi connectivity index (χ3v) is 6.45. The molecular weight excluding hydrogens is 517 g/mol. The first kappa shape index (κ1) is 25.5. The zero-order chi connectivity index (χ0) is 26.0. The Labute approximate surface area is 213 Å². The van der Waals surface area contributed by atoms with Gasteiger partial charge in [-0.05, 0) is 65.9 Å². The number of hydrogen-bond acceptors (Lipinski definition) is 5. The number of hydrogen-bond donors (Lipinski definition) is 2. The number of benzene rings is 2. The van der Waals surface area contributed by atoms with Crippen LogP contribution in [0.3, 0.4) is 0 Å². The SMILES string of the molecule is CC(c1ccncc1NC(=O)c1cccc(Cl)c1)C1NC(=O)N(c2ccc(SC(F)(F)F)cc2)C1=O. The van der Waals surface area contributed by atoms with E-state index in [9.17, 15) is 27.6 Å². The molecule has 36 heavy (non-hydrogen) atoms. The van der Waals surface area contributed by atoms with E-state index in [0.29, 0.717) is 21.8 Å². The van der Waals surface area contributed by atoms with Gasteiger partial charge in [0.05, 0.1) is 17.6 Å². The van der Waals surface area contributed by atoms with Crippen LogP contribution in [-0.2, 0) is 4.79 Å². The van der Waals surface area contributed by atoms with Crippen LogP contribution in [0.15, 0.2) is 71.9 Å². The second-order valence-corrected chi connectivity index (χ2v) is 9.43. The van der Waals surface area contributed by atoms with Crippen molar-refractivity contribution < 1.29 is 27.6 Å². The highest BCUT2D eigenvalue weighted by Crippen LogP contribution is 2.38. The largest absolute Gasteiger partial charge is 0.446 e. The van der Waals surface area contributed by atoms with Gasteiger partial charge in [-0.2, -0.15) is 13.2 Å². The van der Waals surface area contributed by atoms with E-state index in [1.165, 1.54) is 42.7 Å². The van der Waals surface area contributed by atoms with E-state index in [1.54, 1.807) is 31.2 Å². The molecule has 2 atom stereocenters. The van der Waals surface area contributed by atoms with Gasteiger partial charge in [0, 0.05) is 27.6 Å². The van der Waals surface area contributed by atoms with Crippen LogP contribution in [0.25, 0.3) is 0 Å². The molecule has 2 N–H and O–H groups in total. The van der Waals surface area contributed by atoms with Crippen LogP contribution in [0, 0.1) is 0 Å². The number of rotatable bonds is 6. The van der Waals surface area contributed by atoms with Gasteiger partial charge >= 0.3 is 11.5 Å². The van der Waals surface area contributed by atoms with E-state index in [1.807, 2.05) is 0 Å². The van der Waals surface area contributed by atoms with Crippen LogP contribution in [-0.4, -0.2) is 34.4 Å². The highest BCUT2D eigenvalue weighted by molar-refractivity contribution is 8.00. The number of urea groups is 1. The molecule has 1 saturated heterocycles. The average Bonchev–Trinajstić information content (AvgIpc) is 3.12. The molecule has 7 nitrogen and oxygen atoms in total. The van der Waals surface area contributed by atoms with Gasteiger partial charge in [0.2, 0.25) is 0 Å². The minimum Gasteiger partial charge on any atom is -0.325 e. The number of nitrogens with one attached hydrogen (secondary N) is 2. The van der Waals surface area contributed by atoms with Crippen molar-refractivity contribution in [3.8, 4) is 0 Å². The zero-order valence-electron chi connectivity index (χ0n) is 18.5. The van der Waals surface area contributed by atoms with Gasteiger partial charge in [-0.15, -0.1) is 0 Å². The Kier molecular flexibility index (Phi) is 7.23. The summed E-state index contributed by atoms with van der Waals surface area (Å²) in [6.45, 7) is 1.71. The molecule has 1 fully saturated rings. The zero-order valence-corrected chi connectivity index (χ0v) is 20.1. The Morgan fingerprint density at radius 1 is 1.17 bits per heavy atom. The molecule has 2 heterocycles. The van der Waals surface area contributed by atoms with Gasteiger partial charge in [0.25, 0.3) is 11.8 Å². The smallest absolute Gasteiger partial charge is 0.325 e. The second kappa shape index (κ2) is 10.2. The molecule has 1 aromatic heterocycles. The van der Waals surface area contributed by atoms with E-state index >= 15 is 0 Å². The summed E-state index contributed by atoms with van der Waals surface area (Å²) in [6.07, 6.45) is 2.93. The van der Waals surface area contributed by atoms with Crippen LogP contribution in [0.1, 0.15) is 28.8 Å². The van der Waals surface area contributed by atoms with Crippen molar-refractivity contribution in [2.24, 2.45) is 0 Å². The molecule has 0 saturated carbocycles. The third-order valence-electron chi connectivity index (χ3n) is 5.48. The second-order valence-electron chi connectivity index (χ2n) is 7.86. The number of amides is 4. The maximum Gasteiger partial charge on any atom is 0.446 e. The molecule has 4 rings (SSSR count). The Bertz CT molecular complexity index is 1320. The van der Waals surface area contributed by atoms with E-state index in [4.69, 9.17) is 11.6 Å². The van der Waals surface area contributed by atoms with Gasteiger partial charge in [-0.25, -0.2) is 9.69 Å². The molecule has 0 spiro atoms. The summed E-state index contributed by atoms with van der Waals surface area (Å²) in [5.41, 5.74) is -3.08. The summed E-state index contributed by atoms with van der Waals surface area (Å²) in [5.74, 6) is -1.59. The summed E-state index contributed by atoms with van der Waals surface area (Å²) in [7, 11) is 0. The van der Waals surface area contributed by atoms with Crippen molar-refractivity contribution in [2.45, 2.75) is 29.3 Å². The van der Waals surface area contributed by atoms with Crippen molar-refractivity contribution in [3.63, 3.8) is 0 Å². The van der Waals surface area contributed by atoms with E-state index in [2.05, 4.69) is 15.6 Å². The molecule has 0 aliphatic carbocycles. The lowest BCUT2D eigenvalue weighted by Crippen LogP contribution is -2.35. The number of carbonyl (C=O) groups excluding carboxylic acids is 3. The lowest BCUT2D eigenvalue weighted by molar-refractivity contribution is -0.118. The predicted molar refractivity (Wildman–Crippen MR) is 130 cm³/mol. The van der Waals surface area contributed by atoms with Crippen molar-refractivity contribution >= 4 is 52.6 Å². The first-order valence-corrected chi connectivity index (χ1v) is 11.7. The summed E-state index contributed by atoms with van der Waals surface area (Å²) in [5, 5.41) is 5.78. The number of thioether (sulfide) groups is 1. The lowest BCUT2D eigenvalue weighted by atomic mass is 9.92. The molecule has 1 aliphatic heterocycles. The van der Waals surface area contributed by atoms with Crippen molar-refractivity contribution in [1.29, 1.82) is 0 Å². The number of carbonyl (C=O) groups is 3. The predicted octanol–water partition coefficient (Wildman–Crippen LogP) is 5.83. The molecule has 12 heteroatoms. The molecule has 1 aliphatic rings. The molecule has 2 aromatic carbocycles. The van der Waals surface area contributed by atoms with E-state index < -0.39 is 35.3 Å². The van der Waals surface area contributed by atoms with Crippen molar-refractivity contribution in [3.05, 3.63) is 83.1 Å². The number of nitrogens with zero attached hydrogens (tertiary/aromatic N) is 2. The van der Waals surface area contributed by atoms with Crippen LogP contribution < -0.4 is 15.5 Å². The molecular formula is C24H18ClF3N4O3S. The Morgan fingerprint density at radius 2 is 1.89 bits per heavy atom. The minimum absolute atomic E-state index is 0.0694. The normalized spacial score (nSPS) is 16.6. The van der Waals surface area contributed by atoms with Crippen molar-refractivity contribution in [2.75, 3.05) is 10.2 Å². The third kappa shape index (κ3) is 5.63. The minimum atomic E-state index is -4.45. The quantitative estimate of drug-likeness (QED) is 0.307. The Morgan fingerprint density at radius 3 is 2.56 bits per heavy atom. The van der Waals surface area contributed by atoms with Crippen LogP contribution in [0.2, 0.25) is 5.02 Å². The Hall–Kier alpha value is -3.57. The maximum absolute atomic E-state index is 13.2. The molecule has 2 unspecified atom stereocenters. The fourth-order valence-corrected chi connectivity index (χ4v) is 4.52. The van der Waals surface area contributed by atoms with E-state index in [-0.39, 0.29) is 22.3 Å². The number of pyridine rings is 1. The summed E-state index contributed by atoms with van der Waals surface area (Å²) < 4.78 is 37.8. The van der Waals surface area contributed by atoms with Crippen LogP contribution in [0.5, 0.6) is 0 Å². The van der Waals surface area contributed by atoms with Crippen LogP contribution in [0.4, 0.5) is 29.3 Å². The summed E-state index contributed by atoms with van der Waals surface area (Å²) in [6, 6.07) is 11.3. The lowest BCUT2D eigenvalue weighted by Gasteiger charge is -2.21. The number of aromatic nitrogens is 1. The summed E-state index contributed by atoms with van der Waals surface area (Å²) >= 11 is 5.67. The molecule has 3 aromatic rings. The van der Waals surface area contributed by atoms with Gasteiger partial charge in [0.1, 0.15) is 6.04 Å². The number of anilines is 2. The fourth-order valence-electron chi connectivity index (χ4n) is 3.79. The standard InChI is InChI=1S/C24H18ClF3N4O3S/c1-13(18-9-10-29-12-19(18)30-21(33)14-3-2-4-15(25)11-14)20-22(34)32(23(35)31-20)16-5-7-17(8-6-16)36-24(26,27)28/h2-13,20H,1H3,(H,30,33)(H,31,35). The summed E-state index contributed by atoms with van der Waals surface area (Å²) in [4.78, 5) is 43.4. The topological polar surface area (TPSA) is 91.4 Å². The number of imide groups is 1. The first-order valence-electron chi connectivity index (χ1n) is 10.5. The van der Waals surface area contributed by atoms with Gasteiger partial charge in [-0.1, -0.05) is 24.6 Å². The molecule has 0 radical (unpaired) electrons.